The summed E-state index contributed by atoms with van der Waals surface area (Å²) in [6, 6.07) is 10.5. The predicted octanol–water partition coefficient (Wildman–Crippen LogP) is 3.37. The molecule has 0 radical (unpaired) electrons. The quantitative estimate of drug-likeness (QED) is 0.328. The number of carbonyl (C=O) groups excluding carboxylic acids is 1. The van der Waals surface area contributed by atoms with Crippen molar-refractivity contribution in [3.8, 4) is 17.2 Å². The molecule has 0 N–H and O–H groups in total. The molecule has 0 heterocycles. The van der Waals surface area contributed by atoms with Gasteiger partial charge in [-0.15, -0.1) is 0 Å². The van der Waals surface area contributed by atoms with Gasteiger partial charge in [-0.1, -0.05) is 6.07 Å². The van der Waals surface area contributed by atoms with Crippen molar-refractivity contribution in [3.63, 3.8) is 0 Å². The number of carbonyl (C=O) groups is 1. The summed E-state index contributed by atoms with van der Waals surface area (Å²) in [5.41, 5.74) is 0.815. The molecule has 2 aromatic rings. The van der Waals surface area contributed by atoms with Gasteiger partial charge in [0.15, 0.2) is 11.5 Å². The molecule has 2 rings (SSSR count). The predicted molar refractivity (Wildman–Crippen MR) is 88.3 cm³/mol. The van der Waals surface area contributed by atoms with Crippen LogP contribution in [-0.4, -0.2) is 31.9 Å². The summed E-state index contributed by atoms with van der Waals surface area (Å²) in [4.78, 5) is 21.6. The first-order valence-electron chi connectivity index (χ1n) is 7.33. The molecule has 0 aliphatic heterocycles. The molecular formula is C17H17NO7. The van der Waals surface area contributed by atoms with Crippen molar-refractivity contribution in [1.29, 1.82) is 0 Å². The number of methoxy groups -OCH3 is 2. The molecule has 0 bridgehead atoms. The SMILES string of the molecule is COc1ccc(CCOC(=O)Oc2ccc([N+](=O)[O-])cc2)cc1OC. The molecule has 8 nitrogen and oxygen atoms in total. The zero-order chi connectivity index (χ0) is 18.2. The molecule has 0 saturated carbocycles. The van der Waals surface area contributed by atoms with Crippen LogP contribution in [0.2, 0.25) is 0 Å². The third-order valence-corrected chi connectivity index (χ3v) is 3.31. The summed E-state index contributed by atoms with van der Waals surface area (Å²) in [7, 11) is 3.09. The Bertz CT molecular complexity index is 743. The summed E-state index contributed by atoms with van der Waals surface area (Å²) >= 11 is 0. The Morgan fingerprint density at radius 3 is 2.32 bits per heavy atom. The van der Waals surface area contributed by atoms with Crippen LogP contribution in [0.4, 0.5) is 10.5 Å². The zero-order valence-corrected chi connectivity index (χ0v) is 13.8. The van der Waals surface area contributed by atoms with E-state index in [1.807, 2.05) is 6.07 Å². The number of hydrogen-bond donors (Lipinski definition) is 0. The standard InChI is InChI=1S/C17H17NO7/c1-22-15-8-3-12(11-16(15)23-2)9-10-24-17(19)25-14-6-4-13(5-7-14)18(20)21/h3-8,11H,9-10H2,1-2H3. The van der Waals surface area contributed by atoms with Crippen LogP contribution in [0.15, 0.2) is 42.5 Å². The summed E-state index contributed by atoms with van der Waals surface area (Å²) in [6.45, 7) is 0.112. The second-order valence-electron chi connectivity index (χ2n) is 4.89. The van der Waals surface area contributed by atoms with Crippen molar-refractivity contribution >= 4 is 11.8 Å². The van der Waals surface area contributed by atoms with E-state index in [2.05, 4.69) is 0 Å². The molecule has 0 fully saturated rings. The second kappa shape index (κ2) is 8.53. The van der Waals surface area contributed by atoms with Crippen molar-refractivity contribution in [3.05, 3.63) is 58.1 Å². The zero-order valence-electron chi connectivity index (χ0n) is 13.8. The summed E-state index contributed by atoms with van der Waals surface area (Å²) < 4.78 is 20.3. The van der Waals surface area contributed by atoms with Crippen molar-refractivity contribution in [2.24, 2.45) is 0 Å². The van der Waals surface area contributed by atoms with Crippen molar-refractivity contribution in [2.75, 3.05) is 20.8 Å². The van der Waals surface area contributed by atoms with E-state index in [0.717, 1.165) is 5.56 Å². The van der Waals surface area contributed by atoms with Crippen LogP contribution in [0, 0.1) is 10.1 Å². The number of benzene rings is 2. The number of nitrogens with zero attached hydrogens (tertiary/aromatic N) is 1. The van der Waals surface area contributed by atoms with Crippen molar-refractivity contribution < 1.29 is 28.7 Å². The fourth-order valence-electron chi connectivity index (χ4n) is 2.05. The minimum absolute atomic E-state index is 0.0887. The minimum atomic E-state index is -0.880. The third kappa shape index (κ3) is 5.10. The average molecular weight is 347 g/mol. The lowest BCUT2D eigenvalue weighted by Crippen LogP contribution is -2.12. The molecule has 0 atom stereocenters. The van der Waals surface area contributed by atoms with E-state index >= 15 is 0 Å². The van der Waals surface area contributed by atoms with E-state index in [1.165, 1.54) is 24.3 Å². The number of non-ortho nitro benzene ring substituents is 1. The molecule has 2 aromatic carbocycles. The summed E-state index contributed by atoms with van der Waals surface area (Å²) in [5.74, 6) is 1.37. The highest BCUT2D eigenvalue weighted by molar-refractivity contribution is 5.64. The third-order valence-electron chi connectivity index (χ3n) is 3.31. The molecule has 0 aliphatic rings. The molecule has 132 valence electrons. The number of nitro benzene ring substituents is 1. The Labute approximate surface area is 144 Å². The lowest BCUT2D eigenvalue weighted by atomic mass is 10.1. The van der Waals surface area contributed by atoms with Crippen molar-refractivity contribution in [2.45, 2.75) is 6.42 Å². The number of hydrogen-bond acceptors (Lipinski definition) is 7. The van der Waals surface area contributed by atoms with Gasteiger partial charge in [0.05, 0.1) is 25.7 Å². The topological polar surface area (TPSA) is 97.1 Å². The number of rotatable bonds is 7. The van der Waals surface area contributed by atoms with Crippen molar-refractivity contribution in [1.82, 2.24) is 0 Å². The molecule has 0 amide bonds. The maximum Gasteiger partial charge on any atom is 0.513 e. The maximum atomic E-state index is 11.6. The largest absolute Gasteiger partial charge is 0.513 e. The lowest BCUT2D eigenvalue weighted by molar-refractivity contribution is -0.384. The van der Waals surface area contributed by atoms with Crippen LogP contribution in [0.5, 0.6) is 17.2 Å². The maximum absolute atomic E-state index is 11.6. The molecule has 8 heteroatoms. The lowest BCUT2D eigenvalue weighted by Gasteiger charge is -2.10. The highest BCUT2D eigenvalue weighted by Crippen LogP contribution is 2.27. The summed E-state index contributed by atoms with van der Waals surface area (Å²) in [5, 5.41) is 10.6. The van der Waals surface area contributed by atoms with Crippen LogP contribution >= 0.6 is 0 Å². The van der Waals surface area contributed by atoms with Gasteiger partial charge in [-0.3, -0.25) is 10.1 Å². The van der Waals surface area contributed by atoms with Gasteiger partial charge in [0.25, 0.3) is 5.69 Å². The van der Waals surface area contributed by atoms with Gasteiger partial charge in [0.1, 0.15) is 5.75 Å². The Kier molecular flexibility index (Phi) is 6.16. The molecule has 0 aromatic heterocycles. The fraction of sp³-hybridized carbons (Fsp3) is 0.235. The normalized spacial score (nSPS) is 10.0. The van der Waals surface area contributed by atoms with Crippen LogP contribution < -0.4 is 14.2 Å². The molecule has 0 unspecified atom stereocenters. The van der Waals surface area contributed by atoms with E-state index in [0.29, 0.717) is 17.9 Å². The molecule has 0 spiro atoms. The van der Waals surface area contributed by atoms with Gasteiger partial charge in [-0.25, -0.2) is 4.79 Å². The van der Waals surface area contributed by atoms with Gasteiger partial charge < -0.3 is 18.9 Å². The average Bonchev–Trinajstić information content (AvgIpc) is 2.62. The molecule has 0 aliphatic carbocycles. The highest BCUT2D eigenvalue weighted by atomic mass is 16.7. The van der Waals surface area contributed by atoms with Gasteiger partial charge in [0.2, 0.25) is 0 Å². The van der Waals surface area contributed by atoms with Crippen LogP contribution in [-0.2, 0) is 11.2 Å². The smallest absolute Gasteiger partial charge is 0.493 e. The Balaban J connectivity index is 1.83. The molecule has 0 saturated heterocycles. The van der Waals surface area contributed by atoms with E-state index in [1.54, 1.807) is 26.4 Å². The Morgan fingerprint density at radius 1 is 1.04 bits per heavy atom. The number of nitro groups is 1. The Hall–Kier alpha value is -3.29. The van der Waals surface area contributed by atoms with E-state index in [9.17, 15) is 14.9 Å². The molecular weight excluding hydrogens is 330 g/mol. The van der Waals surface area contributed by atoms with Gasteiger partial charge in [-0.2, -0.15) is 0 Å². The van der Waals surface area contributed by atoms with Crippen LogP contribution in [0.3, 0.4) is 0 Å². The second-order valence-corrected chi connectivity index (χ2v) is 4.89. The fourth-order valence-corrected chi connectivity index (χ4v) is 2.05. The monoisotopic (exact) mass is 347 g/mol. The first-order valence-corrected chi connectivity index (χ1v) is 7.33. The van der Waals surface area contributed by atoms with Gasteiger partial charge >= 0.3 is 6.16 Å². The molecule has 25 heavy (non-hydrogen) atoms. The van der Waals surface area contributed by atoms with Gasteiger partial charge in [0, 0.05) is 18.6 Å². The summed E-state index contributed by atoms with van der Waals surface area (Å²) in [6.07, 6.45) is -0.412. The van der Waals surface area contributed by atoms with E-state index < -0.39 is 11.1 Å². The first-order chi connectivity index (χ1) is 12.0. The van der Waals surface area contributed by atoms with Crippen LogP contribution in [0.1, 0.15) is 5.56 Å². The highest BCUT2D eigenvalue weighted by Gasteiger charge is 2.10. The minimum Gasteiger partial charge on any atom is -0.493 e. The van der Waals surface area contributed by atoms with Crippen LogP contribution in [0.25, 0.3) is 0 Å². The Morgan fingerprint density at radius 2 is 1.72 bits per heavy atom. The van der Waals surface area contributed by atoms with Gasteiger partial charge in [-0.05, 0) is 29.8 Å². The number of ether oxygens (including phenoxy) is 4. The van der Waals surface area contributed by atoms with E-state index in [4.69, 9.17) is 18.9 Å². The first kappa shape index (κ1) is 18.1. The van der Waals surface area contributed by atoms with E-state index in [-0.39, 0.29) is 18.0 Å².